The number of rotatable bonds is 2. The Kier molecular flexibility index (Phi) is 2.55. The van der Waals surface area contributed by atoms with E-state index in [0.29, 0.717) is 6.10 Å². The van der Waals surface area contributed by atoms with E-state index in [-0.39, 0.29) is 0 Å². The predicted molar refractivity (Wildman–Crippen MR) is 76.5 cm³/mol. The van der Waals surface area contributed by atoms with E-state index in [1.807, 2.05) is 6.20 Å². The van der Waals surface area contributed by atoms with Crippen LogP contribution in [0.15, 0.2) is 30.5 Å². The van der Waals surface area contributed by atoms with Crippen LogP contribution < -0.4 is 4.74 Å². The molecule has 3 heterocycles. The minimum atomic E-state index is 0.394. The molecule has 100 valence electrons. The quantitative estimate of drug-likeness (QED) is 0.894. The van der Waals surface area contributed by atoms with E-state index in [0.717, 1.165) is 17.8 Å². The van der Waals surface area contributed by atoms with Crippen molar-refractivity contribution in [1.29, 1.82) is 0 Å². The number of benzene rings is 1. The largest absolute Gasteiger partial charge is 0.490 e. The van der Waals surface area contributed by atoms with E-state index in [2.05, 4.69) is 41.2 Å². The molecule has 2 saturated heterocycles. The van der Waals surface area contributed by atoms with Gasteiger partial charge in [-0.15, -0.1) is 0 Å². The predicted octanol–water partition coefficient (Wildman–Crippen LogP) is 3.17. The first-order chi connectivity index (χ1) is 9.29. The number of nitrogens with zero attached hydrogens (tertiary/aromatic N) is 1. The molecule has 3 atom stereocenters. The van der Waals surface area contributed by atoms with E-state index in [1.54, 1.807) is 0 Å². The van der Waals surface area contributed by atoms with Crippen molar-refractivity contribution >= 4 is 10.9 Å². The fraction of sp³-hybridized carbons (Fsp3) is 0.500. The molecular weight excluding hydrogens is 236 g/mol. The monoisotopic (exact) mass is 256 g/mol. The summed E-state index contributed by atoms with van der Waals surface area (Å²) in [5, 5.41) is 1.23. The second-order valence-corrected chi connectivity index (χ2v) is 5.99. The summed E-state index contributed by atoms with van der Waals surface area (Å²) in [5.74, 6) is 1.01. The Balaban J connectivity index is 1.52. The number of aromatic nitrogens is 1. The van der Waals surface area contributed by atoms with Gasteiger partial charge in [-0.2, -0.15) is 0 Å². The molecule has 0 saturated carbocycles. The molecule has 3 heteroatoms. The molecule has 0 spiro atoms. The summed E-state index contributed by atoms with van der Waals surface area (Å²) in [6, 6.07) is 9.90. The Morgan fingerprint density at radius 2 is 1.95 bits per heavy atom. The molecule has 0 aliphatic carbocycles. The lowest BCUT2D eigenvalue weighted by molar-refractivity contribution is 0.0662. The van der Waals surface area contributed by atoms with Crippen LogP contribution in [0.25, 0.3) is 10.9 Å². The minimum Gasteiger partial charge on any atom is -0.490 e. The zero-order valence-corrected chi connectivity index (χ0v) is 11.3. The summed E-state index contributed by atoms with van der Waals surface area (Å²) in [6.07, 6.45) is 7.42. The van der Waals surface area contributed by atoms with Crippen molar-refractivity contribution in [2.45, 2.75) is 43.9 Å². The zero-order valence-electron chi connectivity index (χ0n) is 11.3. The summed E-state index contributed by atoms with van der Waals surface area (Å²) in [7, 11) is 2.27. The molecule has 1 unspecified atom stereocenters. The van der Waals surface area contributed by atoms with Crippen molar-refractivity contribution in [1.82, 2.24) is 9.88 Å². The average molecular weight is 256 g/mol. The van der Waals surface area contributed by atoms with Gasteiger partial charge in [-0.05, 0) is 57.0 Å². The lowest BCUT2D eigenvalue weighted by Gasteiger charge is -2.36. The van der Waals surface area contributed by atoms with Crippen LogP contribution in [0.1, 0.15) is 25.7 Å². The number of aromatic amines is 1. The maximum absolute atomic E-state index is 6.22. The smallest absolute Gasteiger partial charge is 0.120 e. The number of piperidine rings is 1. The first kappa shape index (κ1) is 11.4. The van der Waals surface area contributed by atoms with Crippen LogP contribution in [-0.2, 0) is 0 Å². The molecule has 2 fully saturated rings. The summed E-state index contributed by atoms with van der Waals surface area (Å²) in [6.45, 7) is 0. The number of H-pyrrole nitrogens is 1. The Morgan fingerprint density at radius 3 is 2.74 bits per heavy atom. The van der Waals surface area contributed by atoms with Gasteiger partial charge < -0.3 is 14.6 Å². The maximum Gasteiger partial charge on any atom is 0.120 e. The number of ether oxygens (including phenoxy) is 1. The third kappa shape index (κ3) is 1.93. The Labute approximate surface area is 113 Å². The van der Waals surface area contributed by atoms with Crippen molar-refractivity contribution in [3.63, 3.8) is 0 Å². The Hall–Kier alpha value is -1.48. The molecule has 2 aromatic rings. The van der Waals surface area contributed by atoms with Crippen LogP contribution >= 0.6 is 0 Å². The number of fused-ring (bicyclic) bond motifs is 3. The van der Waals surface area contributed by atoms with Crippen molar-refractivity contribution < 1.29 is 4.74 Å². The fourth-order valence-corrected chi connectivity index (χ4v) is 3.75. The molecule has 1 aromatic carbocycles. The SMILES string of the molecule is CN1[C@@H]2CC[C@H]1CC(Oc1ccc3[nH]ccc3c1)C2. The van der Waals surface area contributed by atoms with Crippen molar-refractivity contribution in [2.75, 3.05) is 7.05 Å². The minimum absolute atomic E-state index is 0.394. The molecule has 2 aliphatic rings. The first-order valence-corrected chi connectivity index (χ1v) is 7.25. The van der Waals surface area contributed by atoms with Gasteiger partial charge in [0.25, 0.3) is 0 Å². The van der Waals surface area contributed by atoms with E-state index in [4.69, 9.17) is 4.74 Å². The molecule has 2 aliphatic heterocycles. The van der Waals surface area contributed by atoms with Crippen molar-refractivity contribution in [2.24, 2.45) is 0 Å². The summed E-state index contributed by atoms with van der Waals surface area (Å²) in [5.41, 5.74) is 1.18. The van der Waals surface area contributed by atoms with Gasteiger partial charge in [0.1, 0.15) is 11.9 Å². The van der Waals surface area contributed by atoms with E-state index >= 15 is 0 Å². The zero-order chi connectivity index (χ0) is 12.8. The normalized spacial score (nSPS) is 30.9. The third-order valence-electron chi connectivity index (χ3n) is 4.88. The van der Waals surface area contributed by atoms with Crippen LogP contribution in [0.3, 0.4) is 0 Å². The average Bonchev–Trinajstić information content (AvgIpc) is 2.92. The van der Waals surface area contributed by atoms with E-state index in [9.17, 15) is 0 Å². The highest BCUT2D eigenvalue weighted by atomic mass is 16.5. The Morgan fingerprint density at radius 1 is 1.16 bits per heavy atom. The first-order valence-electron chi connectivity index (χ1n) is 7.25. The van der Waals surface area contributed by atoms with Gasteiger partial charge in [0.05, 0.1) is 0 Å². The standard InChI is InChI=1S/C16H20N2O/c1-18-12-2-3-13(18)10-15(9-12)19-14-4-5-16-11(8-14)6-7-17-16/h4-8,12-13,15,17H,2-3,9-10H2,1H3/t12-,13+,15?. The summed E-state index contributed by atoms with van der Waals surface area (Å²) >= 11 is 0. The van der Waals surface area contributed by atoms with Gasteiger partial charge in [-0.3, -0.25) is 0 Å². The van der Waals surface area contributed by atoms with Crippen molar-refractivity contribution in [3.8, 4) is 5.75 Å². The summed E-state index contributed by atoms with van der Waals surface area (Å²) < 4.78 is 6.22. The van der Waals surface area contributed by atoms with Crippen LogP contribution in [-0.4, -0.2) is 35.1 Å². The van der Waals surface area contributed by atoms with Gasteiger partial charge in [-0.25, -0.2) is 0 Å². The number of nitrogens with one attached hydrogen (secondary N) is 1. The highest BCUT2D eigenvalue weighted by molar-refractivity contribution is 5.80. The highest BCUT2D eigenvalue weighted by Crippen LogP contribution is 2.36. The Bertz CT molecular complexity index is 577. The topological polar surface area (TPSA) is 28.3 Å². The number of hydrogen-bond acceptors (Lipinski definition) is 2. The van der Waals surface area contributed by atoms with Crippen LogP contribution in [0.5, 0.6) is 5.75 Å². The molecule has 2 bridgehead atoms. The lowest BCUT2D eigenvalue weighted by Crippen LogP contribution is -2.43. The summed E-state index contributed by atoms with van der Waals surface area (Å²) in [4.78, 5) is 5.77. The molecule has 3 nitrogen and oxygen atoms in total. The number of hydrogen-bond donors (Lipinski definition) is 1. The molecule has 0 amide bonds. The highest BCUT2D eigenvalue weighted by Gasteiger charge is 2.39. The molecule has 1 N–H and O–H groups in total. The van der Waals surface area contributed by atoms with Gasteiger partial charge in [-0.1, -0.05) is 0 Å². The van der Waals surface area contributed by atoms with Crippen LogP contribution in [0, 0.1) is 0 Å². The molecule has 4 rings (SSSR count). The van der Waals surface area contributed by atoms with Gasteiger partial charge >= 0.3 is 0 Å². The molecule has 0 radical (unpaired) electrons. The lowest BCUT2D eigenvalue weighted by atomic mass is 10.0. The van der Waals surface area contributed by atoms with Crippen molar-refractivity contribution in [3.05, 3.63) is 30.5 Å². The van der Waals surface area contributed by atoms with E-state index < -0.39 is 0 Å². The maximum atomic E-state index is 6.22. The molecule has 1 aromatic heterocycles. The van der Waals surface area contributed by atoms with Crippen LogP contribution in [0.4, 0.5) is 0 Å². The second kappa shape index (κ2) is 4.27. The molecular formula is C16H20N2O. The van der Waals surface area contributed by atoms with E-state index in [1.165, 1.54) is 36.6 Å². The second-order valence-electron chi connectivity index (χ2n) is 5.99. The molecule has 19 heavy (non-hydrogen) atoms. The van der Waals surface area contributed by atoms with Gasteiger partial charge in [0.15, 0.2) is 0 Å². The van der Waals surface area contributed by atoms with Gasteiger partial charge in [0, 0.05) is 29.2 Å². The van der Waals surface area contributed by atoms with Gasteiger partial charge in [0.2, 0.25) is 0 Å². The third-order valence-corrected chi connectivity index (χ3v) is 4.88. The van der Waals surface area contributed by atoms with Crippen LogP contribution in [0.2, 0.25) is 0 Å². The fourth-order valence-electron chi connectivity index (χ4n) is 3.75.